The molecule has 5 heteroatoms. The fourth-order valence-corrected chi connectivity index (χ4v) is 2.45. The van der Waals surface area contributed by atoms with Gasteiger partial charge in [0.2, 0.25) is 0 Å². The van der Waals surface area contributed by atoms with Crippen LogP contribution in [0.25, 0.3) is 0 Å². The average Bonchev–Trinajstić information content (AvgIpc) is 3.08. The highest BCUT2D eigenvalue weighted by atomic mass is 32.1. The van der Waals surface area contributed by atoms with Crippen LogP contribution in [0.4, 0.5) is 0 Å². The molecule has 0 radical (unpaired) electrons. The minimum atomic E-state index is 0.489. The maximum atomic E-state index is 5.74. The van der Waals surface area contributed by atoms with E-state index >= 15 is 0 Å². The van der Waals surface area contributed by atoms with E-state index in [4.69, 9.17) is 16.6 Å². The van der Waals surface area contributed by atoms with Crippen LogP contribution in [0.1, 0.15) is 36.3 Å². The first-order chi connectivity index (χ1) is 10.7. The van der Waals surface area contributed by atoms with Gasteiger partial charge in [0.05, 0.1) is 6.21 Å². The number of rotatable bonds is 5. The summed E-state index contributed by atoms with van der Waals surface area (Å²) in [4.78, 5) is 0. The Bertz CT molecular complexity index is 666. The van der Waals surface area contributed by atoms with Crippen molar-refractivity contribution in [1.82, 2.24) is 10.7 Å². The van der Waals surface area contributed by atoms with E-state index in [-0.39, 0.29) is 0 Å². The lowest BCUT2D eigenvalue weighted by Gasteiger charge is -2.06. The summed E-state index contributed by atoms with van der Waals surface area (Å²) < 4.78 is 5.74. The molecule has 114 valence electrons. The van der Waals surface area contributed by atoms with E-state index in [0.29, 0.717) is 17.6 Å². The van der Waals surface area contributed by atoms with Gasteiger partial charge in [0.25, 0.3) is 0 Å². The van der Waals surface area contributed by atoms with Crippen LogP contribution in [-0.4, -0.2) is 11.3 Å². The first-order valence-electron chi connectivity index (χ1n) is 7.43. The molecule has 1 heterocycles. The smallest absolute Gasteiger partial charge is 0.187 e. The van der Waals surface area contributed by atoms with Crippen LogP contribution in [0.15, 0.2) is 52.0 Å². The second kappa shape index (κ2) is 6.75. The maximum absolute atomic E-state index is 5.74. The molecule has 3 rings (SSSR count). The molecule has 22 heavy (non-hydrogen) atoms. The zero-order valence-corrected chi connectivity index (χ0v) is 13.3. The van der Waals surface area contributed by atoms with Gasteiger partial charge < -0.3 is 9.73 Å². The molecule has 1 aromatic carbocycles. The Morgan fingerprint density at radius 1 is 1.32 bits per heavy atom. The average molecular weight is 313 g/mol. The van der Waals surface area contributed by atoms with Crippen molar-refractivity contribution >= 4 is 23.5 Å². The van der Waals surface area contributed by atoms with Crippen LogP contribution >= 0.6 is 12.2 Å². The Hall–Kier alpha value is -2.14. The number of nitrogens with zero attached hydrogens (tertiary/aromatic N) is 1. The SMILES string of the molecule is C[C@@H]1C[C@H]1c1ccc(/C=N\NC(=S)NCc2ccccc2)o1. The van der Waals surface area contributed by atoms with Gasteiger partial charge in [-0.3, -0.25) is 5.43 Å². The number of hydrogen-bond acceptors (Lipinski definition) is 3. The normalized spacial score (nSPS) is 20.0. The molecule has 0 saturated heterocycles. The number of benzene rings is 1. The molecular formula is C17H19N3OS. The van der Waals surface area contributed by atoms with Crippen molar-refractivity contribution in [3.8, 4) is 0 Å². The molecule has 0 spiro atoms. The lowest BCUT2D eigenvalue weighted by Crippen LogP contribution is -2.31. The highest BCUT2D eigenvalue weighted by Gasteiger charge is 2.36. The van der Waals surface area contributed by atoms with E-state index in [2.05, 4.69) is 22.8 Å². The molecule has 2 aromatic rings. The predicted molar refractivity (Wildman–Crippen MR) is 91.8 cm³/mol. The van der Waals surface area contributed by atoms with Crippen LogP contribution in [0.2, 0.25) is 0 Å². The van der Waals surface area contributed by atoms with Gasteiger partial charge in [-0.2, -0.15) is 5.10 Å². The molecule has 1 aliphatic carbocycles. The van der Waals surface area contributed by atoms with Crippen molar-refractivity contribution in [1.29, 1.82) is 0 Å². The van der Waals surface area contributed by atoms with E-state index in [1.807, 2.05) is 42.5 Å². The van der Waals surface area contributed by atoms with Crippen molar-refractivity contribution in [2.45, 2.75) is 25.8 Å². The Morgan fingerprint density at radius 3 is 2.82 bits per heavy atom. The molecule has 1 aliphatic rings. The third kappa shape index (κ3) is 3.95. The van der Waals surface area contributed by atoms with Crippen molar-refractivity contribution in [2.24, 2.45) is 11.0 Å². The molecular weight excluding hydrogens is 294 g/mol. The van der Waals surface area contributed by atoms with Gasteiger partial charge in [-0.15, -0.1) is 0 Å². The summed E-state index contributed by atoms with van der Waals surface area (Å²) in [6, 6.07) is 14.0. The van der Waals surface area contributed by atoms with Crippen molar-refractivity contribution in [2.75, 3.05) is 0 Å². The fourth-order valence-electron chi connectivity index (χ4n) is 2.33. The summed E-state index contributed by atoms with van der Waals surface area (Å²) >= 11 is 5.17. The van der Waals surface area contributed by atoms with Gasteiger partial charge in [0.15, 0.2) is 5.11 Å². The van der Waals surface area contributed by atoms with E-state index < -0.39 is 0 Å². The van der Waals surface area contributed by atoms with E-state index in [1.165, 1.54) is 12.0 Å². The number of nitrogens with one attached hydrogen (secondary N) is 2. The fraction of sp³-hybridized carbons (Fsp3) is 0.294. The molecule has 1 saturated carbocycles. The predicted octanol–water partition coefficient (Wildman–Crippen LogP) is 3.40. The van der Waals surface area contributed by atoms with E-state index in [9.17, 15) is 0 Å². The van der Waals surface area contributed by atoms with E-state index in [1.54, 1.807) is 6.21 Å². The van der Waals surface area contributed by atoms with E-state index in [0.717, 1.165) is 17.4 Å². The molecule has 1 fully saturated rings. The largest absolute Gasteiger partial charge is 0.460 e. The first kappa shape index (κ1) is 14.8. The molecule has 0 amide bonds. The van der Waals surface area contributed by atoms with Gasteiger partial charge in [-0.25, -0.2) is 0 Å². The lowest BCUT2D eigenvalue weighted by molar-refractivity contribution is 0.500. The summed E-state index contributed by atoms with van der Waals surface area (Å²) in [7, 11) is 0. The number of hydrazone groups is 1. The lowest BCUT2D eigenvalue weighted by atomic mass is 10.2. The molecule has 0 bridgehead atoms. The summed E-state index contributed by atoms with van der Waals surface area (Å²) in [6.45, 7) is 2.91. The summed E-state index contributed by atoms with van der Waals surface area (Å²) in [5, 5.41) is 7.68. The molecule has 4 nitrogen and oxygen atoms in total. The van der Waals surface area contributed by atoms with Crippen LogP contribution in [0.5, 0.6) is 0 Å². The highest BCUT2D eigenvalue weighted by molar-refractivity contribution is 7.80. The second-order valence-electron chi connectivity index (χ2n) is 5.60. The van der Waals surface area contributed by atoms with Gasteiger partial charge in [0.1, 0.15) is 11.5 Å². The van der Waals surface area contributed by atoms with Gasteiger partial charge >= 0.3 is 0 Å². The highest BCUT2D eigenvalue weighted by Crippen LogP contribution is 2.47. The van der Waals surface area contributed by atoms with Crippen molar-refractivity contribution in [3.05, 3.63) is 59.5 Å². The van der Waals surface area contributed by atoms with Crippen molar-refractivity contribution in [3.63, 3.8) is 0 Å². The van der Waals surface area contributed by atoms with Crippen LogP contribution in [0, 0.1) is 5.92 Å². The Balaban J connectivity index is 1.43. The molecule has 2 atom stereocenters. The molecule has 2 N–H and O–H groups in total. The Morgan fingerprint density at radius 2 is 2.09 bits per heavy atom. The quantitative estimate of drug-likeness (QED) is 0.504. The van der Waals surface area contributed by atoms with Crippen LogP contribution in [0.3, 0.4) is 0 Å². The molecule has 1 aromatic heterocycles. The number of thiocarbonyl (C=S) groups is 1. The number of furan rings is 1. The number of hydrogen-bond donors (Lipinski definition) is 2. The topological polar surface area (TPSA) is 49.6 Å². The van der Waals surface area contributed by atoms with Gasteiger partial charge in [-0.1, -0.05) is 37.3 Å². The second-order valence-corrected chi connectivity index (χ2v) is 6.01. The molecule has 0 aliphatic heterocycles. The van der Waals surface area contributed by atoms with Crippen LogP contribution < -0.4 is 10.7 Å². The van der Waals surface area contributed by atoms with Crippen molar-refractivity contribution < 1.29 is 4.42 Å². The van der Waals surface area contributed by atoms with Gasteiger partial charge in [-0.05, 0) is 42.3 Å². The summed E-state index contributed by atoms with van der Waals surface area (Å²) in [5.41, 5.74) is 3.97. The summed E-state index contributed by atoms with van der Waals surface area (Å²) in [6.07, 6.45) is 2.86. The zero-order chi connectivity index (χ0) is 15.4. The first-order valence-corrected chi connectivity index (χ1v) is 7.84. The third-order valence-corrected chi connectivity index (χ3v) is 4.01. The standard InChI is InChI=1S/C17H19N3OS/c1-12-9-15(12)16-8-7-14(21-16)11-19-20-17(22)18-10-13-5-3-2-4-6-13/h2-8,11-12,15H,9-10H2,1H3,(H2,18,20,22)/b19-11-/t12-,15-/m1/s1. The third-order valence-electron chi connectivity index (χ3n) is 3.78. The van der Waals surface area contributed by atoms with Crippen LogP contribution in [-0.2, 0) is 6.54 Å². The molecule has 0 unspecified atom stereocenters. The maximum Gasteiger partial charge on any atom is 0.187 e. The zero-order valence-electron chi connectivity index (χ0n) is 12.5. The minimum absolute atomic E-state index is 0.489. The van der Waals surface area contributed by atoms with Gasteiger partial charge in [0, 0.05) is 12.5 Å². The Kier molecular flexibility index (Phi) is 4.53. The summed E-state index contributed by atoms with van der Waals surface area (Å²) in [5.74, 6) is 3.12. The Labute approximate surface area is 135 Å². The minimum Gasteiger partial charge on any atom is -0.460 e. The monoisotopic (exact) mass is 313 g/mol.